The summed E-state index contributed by atoms with van der Waals surface area (Å²) in [4.78, 5) is 19.5. The van der Waals surface area contributed by atoms with E-state index in [4.69, 9.17) is 20.4 Å². The molecular formula is C24H28N2O6S. The van der Waals surface area contributed by atoms with E-state index in [9.17, 15) is 9.59 Å². The number of aromatic nitrogens is 1. The summed E-state index contributed by atoms with van der Waals surface area (Å²) >= 11 is 2.03. The van der Waals surface area contributed by atoms with E-state index >= 15 is 0 Å². The molecule has 0 radical (unpaired) electrons. The third kappa shape index (κ3) is 5.75. The van der Waals surface area contributed by atoms with Crippen LogP contribution >= 0.6 is 11.8 Å². The normalized spacial score (nSPS) is 16.9. The number of para-hydroxylation sites is 1. The zero-order valence-corrected chi connectivity index (χ0v) is 19.0. The molecule has 0 bridgehead atoms. The van der Waals surface area contributed by atoms with Crippen molar-refractivity contribution < 1.29 is 30.0 Å². The predicted molar refractivity (Wildman–Crippen MR) is 127 cm³/mol. The van der Waals surface area contributed by atoms with Gasteiger partial charge in [0.15, 0.2) is 12.2 Å². The van der Waals surface area contributed by atoms with Crippen LogP contribution in [0.5, 0.6) is 0 Å². The maximum absolute atomic E-state index is 9.77. The first-order chi connectivity index (χ1) is 15.8. The van der Waals surface area contributed by atoms with Crippen molar-refractivity contribution in [2.75, 3.05) is 19.3 Å². The Kier molecular flexibility index (Phi) is 8.51. The Morgan fingerprint density at radius 3 is 2.24 bits per heavy atom. The summed E-state index contributed by atoms with van der Waals surface area (Å²) in [5.41, 5.74) is 4.30. The molecule has 1 aliphatic heterocycles. The SMILES string of the molecule is CNCC1CCSc2c1c1ccccc1n2Cc1ccccc1.O=C(O)[C@H](O)[C@@H](O)C(=O)O. The number of fused-ring (bicyclic) bond motifs is 3. The molecule has 176 valence electrons. The zero-order valence-electron chi connectivity index (χ0n) is 18.2. The number of hydrogen-bond donors (Lipinski definition) is 5. The van der Waals surface area contributed by atoms with Gasteiger partial charge in [-0.3, -0.25) is 0 Å². The lowest BCUT2D eigenvalue weighted by atomic mass is 9.95. The Hall–Kier alpha value is -2.85. The topological polar surface area (TPSA) is 132 Å². The molecule has 0 aliphatic carbocycles. The number of carboxylic acids is 2. The Morgan fingerprint density at radius 2 is 1.64 bits per heavy atom. The van der Waals surface area contributed by atoms with Crippen molar-refractivity contribution in [2.45, 2.75) is 36.1 Å². The zero-order chi connectivity index (χ0) is 24.0. The molecule has 1 aromatic heterocycles. The van der Waals surface area contributed by atoms with Gasteiger partial charge < -0.3 is 30.3 Å². The highest BCUT2D eigenvalue weighted by molar-refractivity contribution is 7.99. The maximum Gasteiger partial charge on any atom is 0.335 e. The summed E-state index contributed by atoms with van der Waals surface area (Å²) in [7, 11) is 2.06. The number of aliphatic hydroxyl groups excluding tert-OH is 2. The van der Waals surface area contributed by atoms with Crippen LogP contribution in [0.15, 0.2) is 59.6 Å². The Morgan fingerprint density at radius 1 is 1.03 bits per heavy atom. The van der Waals surface area contributed by atoms with E-state index in [1.54, 1.807) is 5.56 Å². The van der Waals surface area contributed by atoms with Gasteiger partial charge in [-0.05, 0) is 30.7 Å². The number of carboxylic acid groups (broad SMARTS) is 2. The molecule has 0 fully saturated rings. The largest absolute Gasteiger partial charge is 0.479 e. The maximum atomic E-state index is 9.77. The predicted octanol–water partition coefficient (Wildman–Crippen LogP) is 2.37. The van der Waals surface area contributed by atoms with Crippen LogP contribution in [0.4, 0.5) is 0 Å². The summed E-state index contributed by atoms with van der Waals surface area (Å²) in [6.07, 6.45) is -3.27. The number of aliphatic hydroxyl groups is 2. The lowest BCUT2D eigenvalue weighted by Crippen LogP contribution is -2.39. The van der Waals surface area contributed by atoms with Gasteiger partial charge in [0.05, 0.1) is 5.03 Å². The van der Waals surface area contributed by atoms with Crippen molar-refractivity contribution in [1.29, 1.82) is 0 Å². The van der Waals surface area contributed by atoms with E-state index in [0.717, 1.165) is 13.1 Å². The monoisotopic (exact) mass is 472 g/mol. The van der Waals surface area contributed by atoms with Gasteiger partial charge >= 0.3 is 11.9 Å². The molecule has 1 unspecified atom stereocenters. The number of nitrogens with one attached hydrogen (secondary N) is 1. The van der Waals surface area contributed by atoms with E-state index in [1.807, 2.05) is 11.8 Å². The van der Waals surface area contributed by atoms with Crippen LogP contribution in [0.2, 0.25) is 0 Å². The van der Waals surface area contributed by atoms with Crippen molar-refractivity contribution in [2.24, 2.45) is 0 Å². The standard InChI is InChI=1S/C20H22N2S.C4H6O6/c1-21-13-16-11-12-23-20-19(16)17-9-5-6-10-18(17)22(20)14-15-7-3-2-4-8-15;5-1(3(7)8)2(6)4(9)10/h2-10,16,21H,11-14H2,1H3;1-2,5-6H,(H,7,8)(H,9,10)/t;1-,2-/m.1/s1. The van der Waals surface area contributed by atoms with Gasteiger partial charge in [-0.25, -0.2) is 9.59 Å². The summed E-state index contributed by atoms with van der Waals surface area (Å²) < 4.78 is 2.52. The van der Waals surface area contributed by atoms with Crippen molar-refractivity contribution >= 4 is 34.6 Å². The minimum atomic E-state index is -2.27. The van der Waals surface area contributed by atoms with E-state index in [-0.39, 0.29) is 0 Å². The molecule has 5 N–H and O–H groups in total. The third-order valence-electron chi connectivity index (χ3n) is 5.51. The minimum Gasteiger partial charge on any atom is -0.479 e. The average molecular weight is 473 g/mol. The Labute approximate surface area is 195 Å². The van der Waals surface area contributed by atoms with Gasteiger partial charge in [-0.2, -0.15) is 0 Å². The van der Waals surface area contributed by atoms with Gasteiger partial charge in [-0.1, -0.05) is 48.5 Å². The van der Waals surface area contributed by atoms with Gasteiger partial charge in [0.1, 0.15) is 0 Å². The molecule has 0 amide bonds. The van der Waals surface area contributed by atoms with Gasteiger partial charge in [-0.15, -0.1) is 11.8 Å². The van der Waals surface area contributed by atoms with Crippen LogP contribution in [-0.4, -0.2) is 68.5 Å². The summed E-state index contributed by atoms with van der Waals surface area (Å²) in [6, 6.07) is 19.7. The molecule has 0 saturated carbocycles. The smallest absolute Gasteiger partial charge is 0.335 e. The van der Waals surface area contributed by atoms with Crippen LogP contribution in [0.25, 0.3) is 10.9 Å². The number of likely N-dealkylation sites (N-methyl/N-ethyl adjacent to an activating group) is 1. The highest BCUT2D eigenvalue weighted by Crippen LogP contribution is 2.43. The third-order valence-corrected chi connectivity index (χ3v) is 6.67. The highest BCUT2D eigenvalue weighted by atomic mass is 32.2. The summed E-state index contributed by atoms with van der Waals surface area (Å²) in [6.45, 7) is 2.02. The second kappa shape index (κ2) is 11.3. The fourth-order valence-electron chi connectivity index (χ4n) is 3.94. The molecule has 9 heteroatoms. The van der Waals surface area contributed by atoms with Crippen LogP contribution in [0.1, 0.15) is 23.5 Å². The number of thioether (sulfide) groups is 1. The van der Waals surface area contributed by atoms with E-state index in [1.165, 1.54) is 33.7 Å². The molecule has 3 atom stereocenters. The molecule has 33 heavy (non-hydrogen) atoms. The number of rotatable bonds is 7. The second-order valence-corrected chi connectivity index (χ2v) is 8.85. The van der Waals surface area contributed by atoms with E-state index < -0.39 is 24.1 Å². The molecule has 3 aromatic rings. The molecular weight excluding hydrogens is 444 g/mol. The first-order valence-corrected chi connectivity index (χ1v) is 11.6. The first kappa shape index (κ1) is 24.8. The molecule has 2 aromatic carbocycles. The fraction of sp³-hybridized carbons (Fsp3) is 0.333. The molecule has 0 saturated heterocycles. The molecule has 0 spiro atoms. The van der Waals surface area contributed by atoms with Crippen molar-refractivity contribution in [3.63, 3.8) is 0 Å². The average Bonchev–Trinajstić information content (AvgIpc) is 3.14. The lowest BCUT2D eigenvalue weighted by Gasteiger charge is -2.24. The first-order valence-electron chi connectivity index (χ1n) is 10.6. The van der Waals surface area contributed by atoms with Crippen molar-refractivity contribution in [1.82, 2.24) is 9.88 Å². The van der Waals surface area contributed by atoms with Gasteiger partial charge in [0.2, 0.25) is 0 Å². The number of benzene rings is 2. The van der Waals surface area contributed by atoms with Crippen LogP contribution in [-0.2, 0) is 16.1 Å². The Balaban J connectivity index is 0.000000262. The fourth-order valence-corrected chi connectivity index (χ4v) is 5.29. The quantitative estimate of drug-likeness (QED) is 0.354. The summed E-state index contributed by atoms with van der Waals surface area (Å²) in [5, 5.41) is 38.8. The Bertz CT molecular complexity index is 1080. The van der Waals surface area contributed by atoms with Crippen molar-refractivity contribution in [3.8, 4) is 0 Å². The number of aliphatic carboxylic acids is 2. The van der Waals surface area contributed by atoms with Crippen LogP contribution < -0.4 is 5.32 Å². The second-order valence-electron chi connectivity index (χ2n) is 7.77. The molecule has 8 nitrogen and oxygen atoms in total. The lowest BCUT2D eigenvalue weighted by molar-refractivity contribution is -0.165. The van der Waals surface area contributed by atoms with Crippen LogP contribution in [0.3, 0.4) is 0 Å². The van der Waals surface area contributed by atoms with Gasteiger partial charge in [0.25, 0.3) is 0 Å². The highest BCUT2D eigenvalue weighted by Gasteiger charge is 2.29. The number of hydrogen-bond acceptors (Lipinski definition) is 6. The number of nitrogens with zero attached hydrogens (tertiary/aromatic N) is 1. The van der Waals surface area contributed by atoms with Crippen LogP contribution in [0, 0.1) is 0 Å². The molecule has 4 rings (SSSR count). The van der Waals surface area contributed by atoms with E-state index in [2.05, 4.69) is 71.5 Å². The van der Waals surface area contributed by atoms with Gasteiger partial charge in [0, 0.05) is 35.7 Å². The molecule has 2 heterocycles. The van der Waals surface area contributed by atoms with E-state index in [0.29, 0.717) is 5.92 Å². The number of carbonyl (C=O) groups is 2. The molecule has 1 aliphatic rings. The minimum absolute atomic E-state index is 0.623. The summed E-state index contributed by atoms with van der Waals surface area (Å²) in [5.74, 6) is -1.70. The van der Waals surface area contributed by atoms with Crippen molar-refractivity contribution in [3.05, 3.63) is 65.7 Å².